The lowest BCUT2D eigenvalue weighted by Gasteiger charge is -2.61. The van der Waals surface area contributed by atoms with Gasteiger partial charge in [-0.3, -0.25) is 19.2 Å². The largest absolute Gasteiger partial charge is 0.490 e. The van der Waals surface area contributed by atoms with Gasteiger partial charge in [0, 0.05) is 30.3 Å². The van der Waals surface area contributed by atoms with Gasteiger partial charge in [0.1, 0.15) is 17.6 Å². The third-order valence-corrected chi connectivity index (χ3v) is 9.99. The van der Waals surface area contributed by atoms with Crippen LogP contribution >= 0.6 is 0 Å². The van der Waals surface area contributed by atoms with E-state index in [0.717, 1.165) is 11.1 Å². The van der Waals surface area contributed by atoms with Crippen LogP contribution in [0.25, 0.3) is 0 Å². The van der Waals surface area contributed by atoms with E-state index in [-0.39, 0.29) is 48.4 Å². The molecule has 1 heterocycles. The van der Waals surface area contributed by atoms with Gasteiger partial charge >= 0.3 is 0 Å². The SMILES string of the molecule is CC(C)=CC[C@H]1C[C@@]2(CC=C(C)C)C(=O)[C@](C(=O)C(C)C)(C(=O)C3=C2O[C@H](C(C)(C)O)C3)[C@]1(C)CCC(=O)C(C)C. The lowest BCUT2D eigenvalue weighted by molar-refractivity contribution is -0.181. The first-order chi connectivity index (χ1) is 18.8. The molecular formula is C35H52O6. The molecule has 0 saturated heterocycles. The van der Waals surface area contributed by atoms with Crippen molar-refractivity contribution in [3.05, 3.63) is 34.6 Å². The van der Waals surface area contributed by atoms with Gasteiger partial charge in [-0.1, -0.05) is 57.9 Å². The first-order valence-electron chi connectivity index (χ1n) is 15.3. The van der Waals surface area contributed by atoms with E-state index in [1.165, 1.54) is 0 Å². The second-order valence-electron chi connectivity index (χ2n) is 14.7. The Morgan fingerprint density at radius 1 is 1.02 bits per heavy atom. The minimum atomic E-state index is -1.93. The highest BCUT2D eigenvalue weighted by molar-refractivity contribution is 6.33. The number of rotatable bonds is 11. The van der Waals surface area contributed by atoms with Crippen molar-refractivity contribution >= 4 is 23.1 Å². The Bertz CT molecular complexity index is 1200. The molecule has 0 radical (unpaired) electrons. The predicted octanol–water partition coefficient (Wildman–Crippen LogP) is 6.89. The Kier molecular flexibility index (Phi) is 9.21. The fourth-order valence-electron chi connectivity index (χ4n) is 7.34. The van der Waals surface area contributed by atoms with Crippen LogP contribution < -0.4 is 0 Å². The topological polar surface area (TPSA) is 97.7 Å². The number of carbonyl (C=O) groups excluding carboxylic acids is 4. The molecule has 0 unspecified atom stereocenters. The van der Waals surface area contributed by atoms with Gasteiger partial charge in [0.2, 0.25) is 0 Å². The van der Waals surface area contributed by atoms with Gasteiger partial charge in [-0.2, -0.15) is 0 Å². The molecule has 41 heavy (non-hydrogen) atoms. The van der Waals surface area contributed by atoms with Gasteiger partial charge in [0.15, 0.2) is 22.8 Å². The van der Waals surface area contributed by atoms with Crippen molar-refractivity contribution in [1.29, 1.82) is 0 Å². The standard InChI is InChI=1S/C35H52O6/c1-20(2)12-13-24-19-34(17-14-21(3)4)30-25(18-27(41-30)32(9,10)40)29(38)35(31(34)39,28(37)23(7)8)33(24,11)16-15-26(36)22(5)6/h12,14,22-24,27,40H,13,15-19H2,1-11H3/t24-,27-,33+,34+,35-/m0/s1. The molecule has 0 spiro atoms. The van der Waals surface area contributed by atoms with Gasteiger partial charge < -0.3 is 9.84 Å². The van der Waals surface area contributed by atoms with E-state index in [1.54, 1.807) is 27.7 Å². The number of allylic oxidation sites excluding steroid dienone is 5. The van der Waals surface area contributed by atoms with Gasteiger partial charge in [-0.15, -0.1) is 0 Å². The summed E-state index contributed by atoms with van der Waals surface area (Å²) in [7, 11) is 0. The van der Waals surface area contributed by atoms with E-state index < -0.39 is 39.7 Å². The molecule has 1 saturated carbocycles. The van der Waals surface area contributed by atoms with E-state index >= 15 is 4.79 Å². The first-order valence-corrected chi connectivity index (χ1v) is 15.3. The average Bonchev–Trinajstić information content (AvgIpc) is 3.32. The van der Waals surface area contributed by atoms with Gasteiger partial charge in [-0.25, -0.2) is 0 Å². The third-order valence-electron chi connectivity index (χ3n) is 9.99. The Morgan fingerprint density at radius 3 is 2.10 bits per heavy atom. The van der Waals surface area contributed by atoms with Crippen LogP contribution in [-0.2, 0) is 23.9 Å². The maximum atomic E-state index is 15.2. The summed E-state index contributed by atoms with van der Waals surface area (Å²) < 4.78 is 6.43. The van der Waals surface area contributed by atoms with E-state index in [0.29, 0.717) is 30.6 Å². The summed E-state index contributed by atoms with van der Waals surface area (Å²) in [5.41, 5.74) is -2.94. The van der Waals surface area contributed by atoms with E-state index in [4.69, 9.17) is 4.74 Å². The molecule has 2 aliphatic carbocycles. The van der Waals surface area contributed by atoms with Crippen LogP contribution in [0, 0.1) is 34.0 Å². The highest BCUT2D eigenvalue weighted by atomic mass is 16.5. The molecular weight excluding hydrogens is 516 g/mol. The molecule has 1 aliphatic heterocycles. The molecule has 228 valence electrons. The summed E-state index contributed by atoms with van der Waals surface area (Å²) in [5.74, 6) is -1.79. The van der Waals surface area contributed by atoms with Crippen LogP contribution in [0.4, 0.5) is 0 Å². The predicted molar refractivity (Wildman–Crippen MR) is 161 cm³/mol. The van der Waals surface area contributed by atoms with Crippen molar-refractivity contribution in [3.8, 4) is 0 Å². The maximum absolute atomic E-state index is 15.2. The fraction of sp³-hybridized carbons (Fsp3) is 0.714. The number of hydrogen-bond donors (Lipinski definition) is 1. The second-order valence-corrected chi connectivity index (χ2v) is 14.7. The lowest BCUT2D eigenvalue weighted by atomic mass is 9.38. The first kappa shape index (κ1) is 33.2. The summed E-state index contributed by atoms with van der Waals surface area (Å²) in [6.45, 7) is 20.4. The Morgan fingerprint density at radius 2 is 1.61 bits per heavy atom. The number of ether oxygens (including phenoxy) is 1. The zero-order valence-electron chi connectivity index (χ0n) is 27.2. The summed E-state index contributed by atoms with van der Waals surface area (Å²) in [4.78, 5) is 57.8. The molecule has 1 fully saturated rings. The normalized spacial score (nSPS) is 31.3. The van der Waals surface area contributed by atoms with Crippen molar-refractivity contribution in [3.63, 3.8) is 0 Å². The average molecular weight is 569 g/mol. The molecule has 0 aromatic carbocycles. The zero-order chi connectivity index (χ0) is 31.3. The zero-order valence-corrected chi connectivity index (χ0v) is 27.2. The van der Waals surface area contributed by atoms with E-state index in [9.17, 15) is 19.5 Å². The second kappa shape index (κ2) is 11.4. The van der Waals surface area contributed by atoms with Crippen molar-refractivity contribution in [2.24, 2.45) is 34.0 Å². The molecule has 2 bridgehead atoms. The van der Waals surface area contributed by atoms with Crippen molar-refractivity contribution < 1.29 is 29.0 Å². The number of carbonyl (C=O) groups is 4. The Hall–Kier alpha value is -2.34. The summed E-state index contributed by atoms with van der Waals surface area (Å²) in [6, 6.07) is 0. The fourth-order valence-corrected chi connectivity index (χ4v) is 7.34. The quantitative estimate of drug-likeness (QED) is 0.215. The molecule has 5 atom stereocenters. The molecule has 0 amide bonds. The minimum Gasteiger partial charge on any atom is -0.490 e. The van der Waals surface area contributed by atoms with Crippen LogP contribution in [-0.4, -0.2) is 39.9 Å². The van der Waals surface area contributed by atoms with E-state index in [2.05, 4.69) is 6.08 Å². The Balaban J connectivity index is 2.43. The maximum Gasteiger partial charge on any atom is 0.184 e. The number of fused-ring (bicyclic) bond motifs is 3. The summed E-state index contributed by atoms with van der Waals surface area (Å²) in [5, 5.41) is 10.9. The van der Waals surface area contributed by atoms with Gasteiger partial charge in [0.05, 0.1) is 11.0 Å². The molecule has 6 heteroatoms. The number of ketones is 4. The molecule has 3 rings (SSSR count). The van der Waals surface area contributed by atoms with Crippen LogP contribution in [0.5, 0.6) is 0 Å². The molecule has 0 aromatic heterocycles. The Labute approximate surface area is 247 Å². The summed E-state index contributed by atoms with van der Waals surface area (Å²) >= 11 is 0. The van der Waals surface area contributed by atoms with Crippen LogP contribution in [0.1, 0.15) is 115 Å². The lowest BCUT2D eigenvalue weighted by Crippen LogP contribution is -2.70. The molecule has 1 N–H and O–H groups in total. The number of Topliss-reactive ketones (excluding diaryl/α,β-unsaturated/α-hetero) is 4. The molecule has 0 aromatic rings. The van der Waals surface area contributed by atoms with Crippen molar-refractivity contribution in [2.45, 2.75) is 126 Å². The molecule has 3 aliphatic rings. The molecule has 6 nitrogen and oxygen atoms in total. The van der Waals surface area contributed by atoms with Crippen LogP contribution in [0.3, 0.4) is 0 Å². The highest BCUT2D eigenvalue weighted by Gasteiger charge is 2.77. The summed E-state index contributed by atoms with van der Waals surface area (Å²) in [6.07, 6.45) is 5.35. The van der Waals surface area contributed by atoms with Crippen molar-refractivity contribution in [1.82, 2.24) is 0 Å². The monoisotopic (exact) mass is 568 g/mol. The number of aliphatic hydroxyl groups is 1. The minimum absolute atomic E-state index is 0.0580. The van der Waals surface area contributed by atoms with Gasteiger partial charge in [0.25, 0.3) is 0 Å². The van der Waals surface area contributed by atoms with E-state index in [1.807, 2.05) is 54.5 Å². The third kappa shape index (κ3) is 5.34. The van der Waals surface area contributed by atoms with Crippen LogP contribution in [0.15, 0.2) is 34.6 Å². The van der Waals surface area contributed by atoms with Crippen LogP contribution in [0.2, 0.25) is 0 Å². The number of hydrogen-bond acceptors (Lipinski definition) is 6. The van der Waals surface area contributed by atoms with Gasteiger partial charge in [-0.05, 0) is 78.6 Å². The highest BCUT2D eigenvalue weighted by Crippen LogP contribution is 2.69. The smallest absolute Gasteiger partial charge is 0.184 e. The van der Waals surface area contributed by atoms with Crippen molar-refractivity contribution in [2.75, 3.05) is 0 Å².